The molecule has 23 heavy (non-hydrogen) atoms. The first-order valence-corrected chi connectivity index (χ1v) is 9.39. The van der Waals surface area contributed by atoms with Crippen LogP contribution in [0.3, 0.4) is 0 Å². The van der Waals surface area contributed by atoms with Crippen molar-refractivity contribution in [2.24, 2.45) is 28.6 Å². The van der Waals surface area contributed by atoms with Crippen LogP contribution in [0.1, 0.15) is 72.1 Å². The second-order valence-corrected chi connectivity index (χ2v) is 9.35. The van der Waals surface area contributed by atoms with Crippen LogP contribution in [-0.4, -0.2) is 21.6 Å². The van der Waals surface area contributed by atoms with Gasteiger partial charge in [0.05, 0.1) is 5.60 Å². The zero-order chi connectivity index (χ0) is 16.6. The maximum atomic E-state index is 11.9. The predicted molar refractivity (Wildman–Crippen MR) is 88.9 cm³/mol. The van der Waals surface area contributed by atoms with Gasteiger partial charge in [-0.1, -0.05) is 13.8 Å². The van der Waals surface area contributed by atoms with Crippen molar-refractivity contribution in [2.75, 3.05) is 0 Å². The lowest BCUT2D eigenvalue weighted by Gasteiger charge is -2.58. The van der Waals surface area contributed by atoms with Gasteiger partial charge < -0.3 is 10.2 Å². The maximum absolute atomic E-state index is 11.9. The fraction of sp³-hybridized carbons (Fsp3) is 0.850. The van der Waals surface area contributed by atoms with Gasteiger partial charge in [-0.15, -0.1) is 0 Å². The molecule has 128 valence electrons. The lowest BCUT2D eigenvalue weighted by Crippen LogP contribution is -2.54. The van der Waals surface area contributed by atoms with Gasteiger partial charge in [0.15, 0.2) is 11.5 Å². The predicted octanol–water partition coefficient (Wildman–Crippen LogP) is 4.16. The highest BCUT2D eigenvalue weighted by Crippen LogP contribution is 2.67. The number of carbonyl (C=O) groups is 1. The summed E-state index contributed by atoms with van der Waals surface area (Å²) in [7, 11) is 0. The molecule has 0 aromatic heterocycles. The molecule has 0 saturated heterocycles. The molecule has 0 amide bonds. The Hall–Kier alpha value is -0.830. The van der Waals surface area contributed by atoms with E-state index in [4.69, 9.17) is 0 Å². The zero-order valence-corrected chi connectivity index (χ0v) is 14.7. The molecule has 3 heteroatoms. The fourth-order valence-corrected chi connectivity index (χ4v) is 6.93. The topological polar surface area (TPSA) is 57.5 Å². The van der Waals surface area contributed by atoms with Crippen LogP contribution < -0.4 is 0 Å². The molecule has 0 aromatic carbocycles. The zero-order valence-electron chi connectivity index (χ0n) is 14.7. The number of Topliss-reactive ketones (excluding diaryl/α,β-unsaturated/α-hetero) is 1. The van der Waals surface area contributed by atoms with Crippen LogP contribution in [0.2, 0.25) is 0 Å². The molecule has 6 atom stereocenters. The quantitative estimate of drug-likeness (QED) is 0.705. The summed E-state index contributed by atoms with van der Waals surface area (Å²) in [4.78, 5) is 11.9. The summed E-state index contributed by atoms with van der Waals surface area (Å²) < 4.78 is 0. The third-order valence-corrected chi connectivity index (χ3v) is 8.66. The van der Waals surface area contributed by atoms with Gasteiger partial charge in [-0.05, 0) is 86.0 Å². The molecule has 0 radical (unpaired) electrons. The summed E-state index contributed by atoms with van der Waals surface area (Å²) in [6, 6.07) is 0. The lowest BCUT2D eigenvalue weighted by atomic mass is 9.46. The number of allylic oxidation sites excluding steroid dienone is 1. The van der Waals surface area contributed by atoms with E-state index in [1.807, 2.05) is 6.92 Å². The first-order chi connectivity index (χ1) is 10.7. The van der Waals surface area contributed by atoms with Crippen molar-refractivity contribution in [3.63, 3.8) is 0 Å². The van der Waals surface area contributed by atoms with Gasteiger partial charge in [0.25, 0.3) is 0 Å². The van der Waals surface area contributed by atoms with Gasteiger partial charge in [0.1, 0.15) is 0 Å². The molecule has 5 unspecified atom stereocenters. The highest BCUT2D eigenvalue weighted by molar-refractivity contribution is 5.95. The van der Waals surface area contributed by atoms with Gasteiger partial charge in [-0.25, -0.2) is 0 Å². The molecule has 0 bridgehead atoms. The third-order valence-electron chi connectivity index (χ3n) is 8.66. The molecular weight excluding hydrogens is 288 g/mol. The molecular formula is C20H30O3. The molecule has 3 saturated carbocycles. The van der Waals surface area contributed by atoms with Gasteiger partial charge in [-0.2, -0.15) is 0 Å². The number of hydrogen-bond acceptors (Lipinski definition) is 3. The summed E-state index contributed by atoms with van der Waals surface area (Å²) in [5, 5.41) is 21.3. The second-order valence-electron chi connectivity index (χ2n) is 9.35. The van der Waals surface area contributed by atoms with Crippen LogP contribution in [0.15, 0.2) is 11.3 Å². The molecule has 0 aromatic rings. The van der Waals surface area contributed by atoms with Crippen LogP contribution in [0.5, 0.6) is 0 Å². The van der Waals surface area contributed by atoms with E-state index in [-0.39, 0.29) is 22.4 Å². The number of ketones is 1. The summed E-state index contributed by atoms with van der Waals surface area (Å²) in [5.41, 5.74) is 0.544. The first-order valence-electron chi connectivity index (χ1n) is 9.39. The molecule has 0 spiro atoms. The smallest absolute Gasteiger partial charge is 0.197 e. The summed E-state index contributed by atoms with van der Waals surface area (Å²) in [6.07, 6.45) is 7.57. The minimum absolute atomic E-state index is 0.00329. The Morgan fingerprint density at radius 3 is 2.39 bits per heavy atom. The maximum Gasteiger partial charge on any atom is 0.197 e. The Morgan fingerprint density at radius 1 is 0.957 bits per heavy atom. The standard InChI is InChI=1S/C20H30O3/c1-18-9-8-16(21)17(22)15(18)5-4-12-13(18)6-10-19(2)14(12)7-11-20(19,3)23/h12-14,22-23H,4-11H2,1-3H3/t12?,13?,14?,18?,19?,20-/m1/s1. The van der Waals surface area contributed by atoms with E-state index in [0.717, 1.165) is 50.5 Å². The van der Waals surface area contributed by atoms with Crippen LogP contribution in [0.25, 0.3) is 0 Å². The van der Waals surface area contributed by atoms with E-state index >= 15 is 0 Å². The van der Waals surface area contributed by atoms with Crippen molar-refractivity contribution in [1.82, 2.24) is 0 Å². The van der Waals surface area contributed by atoms with E-state index in [9.17, 15) is 15.0 Å². The number of carbonyl (C=O) groups excluding carboxylic acids is 1. The van der Waals surface area contributed by atoms with Crippen molar-refractivity contribution < 1.29 is 15.0 Å². The number of aliphatic hydroxyl groups is 2. The minimum atomic E-state index is -0.537. The van der Waals surface area contributed by atoms with E-state index in [0.29, 0.717) is 24.2 Å². The fourth-order valence-electron chi connectivity index (χ4n) is 6.93. The Balaban J connectivity index is 1.72. The molecule has 4 aliphatic carbocycles. The van der Waals surface area contributed by atoms with Crippen molar-refractivity contribution in [3.05, 3.63) is 11.3 Å². The van der Waals surface area contributed by atoms with Gasteiger partial charge >= 0.3 is 0 Å². The SMILES string of the molecule is CC12CCC(=O)C(O)=C1CCC1C2CCC2(C)C1CC[C@@]2(C)O. The summed E-state index contributed by atoms with van der Waals surface area (Å²) in [5.74, 6) is 1.82. The molecule has 3 nitrogen and oxygen atoms in total. The second kappa shape index (κ2) is 4.62. The molecule has 2 N–H and O–H groups in total. The number of fused-ring (bicyclic) bond motifs is 5. The Kier molecular flexibility index (Phi) is 3.15. The molecule has 0 aliphatic heterocycles. The number of hydrogen-bond donors (Lipinski definition) is 2. The Bertz CT molecular complexity index is 590. The number of aliphatic hydroxyl groups excluding tert-OH is 1. The van der Waals surface area contributed by atoms with Gasteiger partial charge in [0, 0.05) is 6.42 Å². The average Bonchev–Trinajstić information content (AvgIpc) is 2.74. The van der Waals surface area contributed by atoms with E-state index in [1.54, 1.807) is 0 Å². The van der Waals surface area contributed by atoms with E-state index < -0.39 is 5.60 Å². The van der Waals surface area contributed by atoms with Crippen LogP contribution in [0, 0.1) is 28.6 Å². The van der Waals surface area contributed by atoms with E-state index in [1.165, 1.54) is 0 Å². The normalized spacial score (nSPS) is 52.9. The Morgan fingerprint density at radius 2 is 1.65 bits per heavy atom. The van der Waals surface area contributed by atoms with Gasteiger partial charge in [0.2, 0.25) is 0 Å². The van der Waals surface area contributed by atoms with Gasteiger partial charge in [-0.3, -0.25) is 4.79 Å². The first kappa shape index (κ1) is 15.7. The van der Waals surface area contributed by atoms with Crippen LogP contribution in [-0.2, 0) is 4.79 Å². The van der Waals surface area contributed by atoms with Crippen molar-refractivity contribution in [2.45, 2.75) is 77.7 Å². The molecule has 4 rings (SSSR count). The summed E-state index contributed by atoms with van der Waals surface area (Å²) >= 11 is 0. The summed E-state index contributed by atoms with van der Waals surface area (Å²) in [6.45, 7) is 6.63. The van der Waals surface area contributed by atoms with Crippen molar-refractivity contribution in [3.8, 4) is 0 Å². The van der Waals surface area contributed by atoms with Crippen LogP contribution in [0.4, 0.5) is 0 Å². The highest BCUT2D eigenvalue weighted by atomic mass is 16.3. The minimum Gasteiger partial charge on any atom is -0.504 e. The monoisotopic (exact) mass is 318 g/mol. The van der Waals surface area contributed by atoms with E-state index in [2.05, 4.69) is 13.8 Å². The number of rotatable bonds is 0. The van der Waals surface area contributed by atoms with Crippen molar-refractivity contribution in [1.29, 1.82) is 0 Å². The molecule has 0 heterocycles. The average molecular weight is 318 g/mol. The largest absolute Gasteiger partial charge is 0.504 e. The molecule has 3 fully saturated rings. The molecule has 4 aliphatic rings. The van der Waals surface area contributed by atoms with Crippen molar-refractivity contribution >= 4 is 5.78 Å². The van der Waals surface area contributed by atoms with Crippen LogP contribution >= 0.6 is 0 Å². The highest BCUT2D eigenvalue weighted by Gasteiger charge is 2.62. The lowest BCUT2D eigenvalue weighted by molar-refractivity contribution is -0.127. The Labute approximate surface area is 139 Å². The third kappa shape index (κ3) is 1.83.